The van der Waals surface area contributed by atoms with Crippen molar-refractivity contribution in [2.75, 3.05) is 0 Å². The summed E-state index contributed by atoms with van der Waals surface area (Å²) in [5.74, 6) is 1.53. The minimum Gasteiger partial charge on any atom is -0.353 e. The fourth-order valence-electron chi connectivity index (χ4n) is 3.85. The summed E-state index contributed by atoms with van der Waals surface area (Å²) in [6.45, 7) is 4.60. The molecule has 118 valence electrons. The molecule has 4 atom stereocenters. The Balaban J connectivity index is 1.64. The van der Waals surface area contributed by atoms with Gasteiger partial charge in [-0.3, -0.25) is 4.79 Å². The molecule has 2 aliphatic carbocycles. The van der Waals surface area contributed by atoms with E-state index >= 15 is 0 Å². The average molecular weight is 297 g/mol. The molecular formula is C20H27NO. The molecule has 1 aromatic rings. The van der Waals surface area contributed by atoms with Crippen molar-refractivity contribution in [3.8, 4) is 0 Å². The van der Waals surface area contributed by atoms with Crippen molar-refractivity contribution in [3.05, 3.63) is 41.5 Å². The van der Waals surface area contributed by atoms with Gasteiger partial charge in [-0.1, -0.05) is 63.1 Å². The number of hydrogen-bond donors (Lipinski definition) is 1. The van der Waals surface area contributed by atoms with E-state index in [1.165, 1.54) is 24.0 Å². The molecule has 2 nitrogen and oxygen atoms in total. The minimum absolute atomic E-state index is 0.0110. The zero-order valence-corrected chi connectivity index (χ0v) is 13.7. The Morgan fingerprint density at radius 3 is 2.82 bits per heavy atom. The van der Waals surface area contributed by atoms with Crippen LogP contribution < -0.4 is 5.32 Å². The number of amides is 1. The Morgan fingerprint density at radius 1 is 1.14 bits per heavy atom. The molecule has 0 spiro atoms. The van der Waals surface area contributed by atoms with Gasteiger partial charge < -0.3 is 5.32 Å². The smallest absolute Gasteiger partial charge is 0.227 e. The molecule has 0 aromatic heterocycles. The van der Waals surface area contributed by atoms with Gasteiger partial charge in [0, 0.05) is 6.04 Å². The van der Waals surface area contributed by atoms with E-state index in [0.717, 1.165) is 19.3 Å². The van der Waals surface area contributed by atoms with Crippen molar-refractivity contribution in [1.29, 1.82) is 0 Å². The fourth-order valence-corrected chi connectivity index (χ4v) is 3.85. The Kier molecular flexibility index (Phi) is 4.66. The van der Waals surface area contributed by atoms with Crippen LogP contribution in [0.5, 0.6) is 0 Å². The molecule has 3 rings (SSSR count). The summed E-state index contributed by atoms with van der Waals surface area (Å²) < 4.78 is 0. The maximum absolute atomic E-state index is 12.7. The van der Waals surface area contributed by atoms with Crippen LogP contribution in [-0.2, 0) is 11.2 Å². The molecule has 1 fully saturated rings. The van der Waals surface area contributed by atoms with Gasteiger partial charge in [0.15, 0.2) is 0 Å². The van der Waals surface area contributed by atoms with Gasteiger partial charge in [-0.2, -0.15) is 0 Å². The highest BCUT2D eigenvalue weighted by molar-refractivity contribution is 5.82. The summed E-state index contributed by atoms with van der Waals surface area (Å²) in [5, 5.41) is 3.33. The van der Waals surface area contributed by atoms with Crippen LogP contribution in [0.3, 0.4) is 0 Å². The lowest BCUT2D eigenvalue weighted by atomic mass is 9.78. The van der Waals surface area contributed by atoms with Crippen LogP contribution >= 0.6 is 0 Å². The monoisotopic (exact) mass is 297 g/mol. The van der Waals surface area contributed by atoms with Crippen LogP contribution in [0.25, 0.3) is 6.08 Å². The summed E-state index contributed by atoms with van der Waals surface area (Å²) in [5.41, 5.74) is 2.62. The lowest BCUT2D eigenvalue weighted by molar-refractivity contribution is -0.125. The van der Waals surface area contributed by atoms with E-state index in [1.54, 1.807) is 0 Å². The van der Waals surface area contributed by atoms with Crippen LogP contribution in [0.2, 0.25) is 0 Å². The van der Waals surface area contributed by atoms with Crippen LogP contribution in [0.15, 0.2) is 30.3 Å². The Labute approximate surface area is 134 Å². The molecule has 1 amide bonds. The summed E-state index contributed by atoms with van der Waals surface area (Å²) in [6, 6.07) is 8.81. The summed E-state index contributed by atoms with van der Waals surface area (Å²) >= 11 is 0. The number of fused-ring (bicyclic) bond motifs is 1. The molecule has 2 aliphatic rings. The molecule has 2 heteroatoms. The first kappa shape index (κ1) is 15.3. The molecule has 4 unspecified atom stereocenters. The molecule has 1 N–H and O–H groups in total. The SMILES string of the molecule is CC1CCCC(NC(=O)C2C=Cc3ccccc3CC2)C1C. The van der Waals surface area contributed by atoms with Crippen LogP contribution in [-0.4, -0.2) is 11.9 Å². The molecule has 0 saturated heterocycles. The second-order valence-corrected chi connectivity index (χ2v) is 7.09. The van der Waals surface area contributed by atoms with E-state index in [4.69, 9.17) is 0 Å². The third-order valence-corrected chi connectivity index (χ3v) is 5.66. The molecule has 0 bridgehead atoms. The van der Waals surface area contributed by atoms with Crippen LogP contribution in [0.1, 0.15) is 50.7 Å². The normalized spacial score (nSPS) is 31.2. The second-order valence-electron chi connectivity index (χ2n) is 7.09. The number of hydrogen-bond acceptors (Lipinski definition) is 1. The number of aryl methyl sites for hydroxylation is 1. The fraction of sp³-hybridized carbons (Fsp3) is 0.550. The van der Waals surface area contributed by atoms with Crippen LogP contribution in [0.4, 0.5) is 0 Å². The third kappa shape index (κ3) is 3.26. The van der Waals surface area contributed by atoms with Gasteiger partial charge in [-0.25, -0.2) is 0 Å². The standard InChI is InChI=1S/C20H27NO/c1-14-6-5-9-19(15(14)2)21-20(22)18-12-10-16-7-3-4-8-17(16)11-13-18/h3-4,7-8,10,12,14-15,18-19H,5-6,9,11,13H2,1-2H3,(H,21,22). The van der Waals surface area contributed by atoms with Gasteiger partial charge in [0.2, 0.25) is 5.91 Å². The predicted molar refractivity (Wildman–Crippen MR) is 91.4 cm³/mol. The van der Waals surface area contributed by atoms with E-state index in [2.05, 4.69) is 55.6 Å². The summed E-state index contributed by atoms with van der Waals surface area (Å²) in [6.07, 6.45) is 9.79. The maximum atomic E-state index is 12.7. The summed E-state index contributed by atoms with van der Waals surface area (Å²) in [7, 11) is 0. The van der Waals surface area contributed by atoms with E-state index in [0.29, 0.717) is 17.9 Å². The molecule has 0 heterocycles. The topological polar surface area (TPSA) is 29.1 Å². The van der Waals surface area contributed by atoms with Gasteiger partial charge in [0.05, 0.1) is 5.92 Å². The molecular weight excluding hydrogens is 270 g/mol. The number of carbonyl (C=O) groups excluding carboxylic acids is 1. The minimum atomic E-state index is 0.0110. The van der Waals surface area contributed by atoms with Gasteiger partial charge in [0.1, 0.15) is 0 Å². The van der Waals surface area contributed by atoms with Crippen molar-refractivity contribution in [2.45, 2.75) is 52.0 Å². The van der Waals surface area contributed by atoms with E-state index in [-0.39, 0.29) is 11.8 Å². The Bertz CT molecular complexity index is 563. The summed E-state index contributed by atoms with van der Waals surface area (Å²) in [4.78, 5) is 12.7. The van der Waals surface area contributed by atoms with Gasteiger partial charge in [-0.05, 0) is 42.2 Å². The van der Waals surface area contributed by atoms with Crippen molar-refractivity contribution in [2.24, 2.45) is 17.8 Å². The van der Waals surface area contributed by atoms with E-state index < -0.39 is 0 Å². The lowest BCUT2D eigenvalue weighted by Gasteiger charge is -2.35. The van der Waals surface area contributed by atoms with Crippen molar-refractivity contribution >= 4 is 12.0 Å². The highest BCUT2D eigenvalue weighted by Gasteiger charge is 2.29. The van der Waals surface area contributed by atoms with E-state index in [1.807, 2.05) is 0 Å². The highest BCUT2D eigenvalue weighted by atomic mass is 16.1. The maximum Gasteiger partial charge on any atom is 0.227 e. The first-order valence-electron chi connectivity index (χ1n) is 8.71. The number of rotatable bonds is 2. The Hall–Kier alpha value is -1.57. The third-order valence-electron chi connectivity index (χ3n) is 5.66. The highest BCUT2D eigenvalue weighted by Crippen LogP contribution is 2.30. The zero-order valence-electron chi connectivity index (χ0n) is 13.7. The predicted octanol–water partition coefficient (Wildman–Crippen LogP) is 4.20. The van der Waals surface area contributed by atoms with Crippen LogP contribution in [0, 0.1) is 17.8 Å². The molecule has 0 radical (unpaired) electrons. The average Bonchev–Trinajstić information content (AvgIpc) is 2.74. The van der Waals surface area contributed by atoms with Crippen molar-refractivity contribution in [3.63, 3.8) is 0 Å². The quantitative estimate of drug-likeness (QED) is 0.870. The number of nitrogens with one attached hydrogen (secondary N) is 1. The molecule has 0 aliphatic heterocycles. The van der Waals surface area contributed by atoms with E-state index in [9.17, 15) is 4.79 Å². The van der Waals surface area contributed by atoms with Gasteiger partial charge in [0.25, 0.3) is 0 Å². The molecule has 22 heavy (non-hydrogen) atoms. The lowest BCUT2D eigenvalue weighted by Crippen LogP contribution is -2.45. The van der Waals surface area contributed by atoms with Crippen molar-refractivity contribution in [1.82, 2.24) is 5.32 Å². The Morgan fingerprint density at radius 2 is 1.95 bits per heavy atom. The number of carbonyl (C=O) groups is 1. The second kappa shape index (κ2) is 6.68. The van der Waals surface area contributed by atoms with Crippen molar-refractivity contribution < 1.29 is 4.79 Å². The number of benzene rings is 1. The first-order valence-corrected chi connectivity index (χ1v) is 8.71. The largest absolute Gasteiger partial charge is 0.353 e. The van der Waals surface area contributed by atoms with Gasteiger partial charge in [-0.15, -0.1) is 0 Å². The molecule has 1 saturated carbocycles. The van der Waals surface area contributed by atoms with Gasteiger partial charge >= 0.3 is 0 Å². The first-order chi connectivity index (χ1) is 10.6. The molecule has 1 aromatic carbocycles. The zero-order chi connectivity index (χ0) is 15.5.